The summed E-state index contributed by atoms with van der Waals surface area (Å²) >= 11 is 0. The van der Waals surface area contributed by atoms with E-state index in [9.17, 15) is 9.59 Å². The van der Waals surface area contributed by atoms with E-state index in [4.69, 9.17) is 4.74 Å². The lowest BCUT2D eigenvalue weighted by atomic mass is 10.1. The summed E-state index contributed by atoms with van der Waals surface area (Å²) in [6, 6.07) is 0. The lowest BCUT2D eigenvalue weighted by Gasteiger charge is -2.05. The summed E-state index contributed by atoms with van der Waals surface area (Å²) in [5.41, 5.74) is 0. The van der Waals surface area contributed by atoms with Crippen molar-refractivity contribution in [2.75, 3.05) is 6.61 Å². The van der Waals surface area contributed by atoms with Crippen LogP contribution in [0.5, 0.6) is 0 Å². The Morgan fingerprint density at radius 1 is 0.577 bits per heavy atom. The number of carbonyl (C=O) groups excluding carboxylic acids is 2. The first kappa shape index (κ1) is 27.4. The van der Waals surface area contributed by atoms with Gasteiger partial charge in [0.1, 0.15) is 5.78 Å². The van der Waals surface area contributed by atoms with Crippen LogP contribution in [0.25, 0.3) is 0 Å². The molecule has 0 amide bonds. The predicted octanol–water partition coefficient (Wildman–Crippen LogP) is 7.41. The second kappa shape index (κ2) is 24.1. The fourth-order valence-corrected chi connectivity index (χ4v) is 2.72. The summed E-state index contributed by atoms with van der Waals surface area (Å²) in [5, 5.41) is 0. The predicted molar refractivity (Wildman–Crippen MR) is 113 cm³/mol. The van der Waals surface area contributed by atoms with Crippen LogP contribution in [-0.2, 0) is 14.3 Å². The molecule has 0 spiro atoms. The molecule has 0 unspecified atom stereocenters. The molecule has 156 valence electrons. The molecule has 0 atom stereocenters. The van der Waals surface area contributed by atoms with E-state index in [2.05, 4.69) is 13.8 Å². The van der Waals surface area contributed by atoms with E-state index >= 15 is 0 Å². The minimum Gasteiger partial charge on any atom is -0.466 e. The lowest BCUT2D eigenvalue weighted by Crippen LogP contribution is -2.05. The first-order chi connectivity index (χ1) is 12.5. The standard InChI is InChI=1S/C20H40O2.C3H6O/c1-3-5-7-9-11-12-13-14-16-18-20(21)22-19-17-15-10-8-6-4-2;1-3(2)4/h3-19H2,1-2H3;1-2H3. The third-order valence-corrected chi connectivity index (χ3v) is 4.25. The van der Waals surface area contributed by atoms with Crippen molar-refractivity contribution in [3.63, 3.8) is 0 Å². The summed E-state index contributed by atoms with van der Waals surface area (Å²) < 4.78 is 5.28. The number of esters is 1. The van der Waals surface area contributed by atoms with Gasteiger partial charge in [-0.3, -0.25) is 4.79 Å². The number of carbonyl (C=O) groups is 2. The highest BCUT2D eigenvalue weighted by atomic mass is 16.5. The van der Waals surface area contributed by atoms with Crippen LogP contribution in [0.15, 0.2) is 0 Å². The first-order valence-electron chi connectivity index (χ1n) is 11.2. The minimum absolute atomic E-state index is 0.0107. The third-order valence-electron chi connectivity index (χ3n) is 4.25. The highest BCUT2D eigenvalue weighted by Crippen LogP contribution is 2.11. The Morgan fingerprint density at radius 2 is 0.923 bits per heavy atom. The van der Waals surface area contributed by atoms with Gasteiger partial charge >= 0.3 is 5.97 Å². The molecule has 0 N–H and O–H groups in total. The van der Waals surface area contributed by atoms with Crippen molar-refractivity contribution in [3.8, 4) is 0 Å². The Bertz CT molecular complexity index is 296. The molecule has 3 nitrogen and oxygen atoms in total. The van der Waals surface area contributed by atoms with Gasteiger partial charge in [-0.05, 0) is 26.7 Å². The van der Waals surface area contributed by atoms with Crippen molar-refractivity contribution in [2.24, 2.45) is 0 Å². The van der Waals surface area contributed by atoms with Crippen LogP contribution < -0.4 is 0 Å². The Kier molecular flexibility index (Phi) is 25.4. The zero-order chi connectivity index (χ0) is 19.9. The van der Waals surface area contributed by atoms with Crippen LogP contribution in [0.1, 0.15) is 130 Å². The van der Waals surface area contributed by atoms with Gasteiger partial charge in [-0.1, -0.05) is 97.3 Å². The molecule has 0 bridgehead atoms. The summed E-state index contributed by atoms with van der Waals surface area (Å²) in [5.74, 6) is 0.177. The van der Waals surface area contributed by atoms with E-state index in [1.54, 1.807) is 0 Å². The van der Waals surface area contributed by atoms with Crippen LogP contribution in [0.2, 0.25) is 0 Å². The van der Waals surface area contributed by atoms with Crippen LogP contribution in [0.3, 0.4) is 0 Å². The highest BCUT2D eigenvalue weighted by Gasteiger charge is 2.02. The second-order valence-corrected chi connectivity index (χ2v) is 7.47. The molecular weight excluding hydrogens is 324 g/mol. The van der Waals surface area contributed by atoms with Gasteiger partial charge in [-0.25, -0.2) is 0 Å². The summed E-state index contributed by atoms with van der Waals surface area (Å²) in [6.45, 7) is 8.17. The highest BCUT2D eigenvalue weighted by molar-refractivity contribution is 5.72. The molecule has 0 radical (unpaired) electrons. The van der Waals surface area contributed by atoms with E-state index < -0.39 is 0 Å². The number of ether oxygens (including phenoxy) is 1. The molecule has 0 saturated carbocycles. The minimum atomic E-state index is 0.0107. The van der Waals surface area contributed by atoms with Crippen LogP contribution in [-0.4, -0.2) is 18.4 Å². The molecular formula is C23H46O3. The number of unbranched alkanes of at least 4 members (excludes halogenated alkanes) is 13. The maximum absolute atomic E-state index is 11.6. The topological polar surface area (TPSA) is 43.4 Å². The van der Waals surface area contributed by atoms with E-state index in [0.29, 0.717) is 13.0 Å². The lowest BCUT2D eigenvalue weighted by molar-refractivity contribution is -0.143. The van der Waals surface area contributed by atoms with Crippen molar-refractivity contribution in [3.05, 3.63) is 0 Å². The van der Waals surface area contributed by atoms with Gasteiger partial charge in [0.25, 0.3) is 0 Å². The quantitative estimate of drug-likeness (QED) is 0.198. The molecule has 0 heterocycles. The average molecular weight is 371 g/mol. The third kappa shape index (κ3) is 31.0. The maximum atomic E-state index is 11.6. The molecule has 0 aromatic rings. The average Bonchev–Trinajstić information content (AvgIpc) is 2.59. The molecule has 0 saturated heterocycles. The van der Waals surface area contributed by atoms with Gasteiger partial charge in [0, 0.05) is 6.42 Å². The zero-order valence-electron chi connectivity index (χ0n) is 18.2. The molecule has 26 heavy (non-hydrogen) atoms. The summed E-state index contributed by atoms with van der Waals surface area (Å²) in [7, 11) is 0. The van der Waals surface area contributed by atoms with E-state index in [0.717, 1.165) is 12.8 Å². The molecule has 0 aliphatic rings. The van der Waals surface area contributed by atoms with Crippen molar-refractivity contribution in [1.82, 2.24) is 0 Å². The van der Waals surface area contributed by atoms with Gasteiger partial charge in [0.05, 0.1) is 6.61 Å². The Morgan fingerprint density at radius 3 is 1.35 bits per heavy atom. The zero-order valence-corrected chi connectivity index (χ0v) is 18.2. The van der Waals surface area contributed by atoms with Crippen molar-refractivity contribution in [1.29, 1.82) is 0 Å². The summed E-state index contributed by atoms with van der Waals surface area (Å²) in [4.78, 5) is 21.0. The number of Topliss-reactive ketones (excluding diaryl/α,β-unsaturated/α-hetero) is 1. The monoisotopic (exact) mass is 370 g/mol. The van der Waals surface area contributed by atoms with E-state index in [1.807, 2.05) is 0 Å². The molecule has 0 aliphatic carbocycles. The first-order valence-corrected chi connectivity index (χ1v) is 11.2. The Balaban J connectivity index is 0. The van der Waals surface area contributed by atoms with Gasteiger partial charge in [0.2, 0.25) is 0 Å². The van der Waals surface area contributed by atoms with Crippen LogP contribution in [0.4, 0.5) is 0 Å². The van der Waals surface area contributed by atoms with Gasteiger partial charge in [0.15, 0.2) is 0 Å². The number of rotatable bonds is 17. The molecule has 0 aromatic heterocycles. The van der Waals surface area contributed by atoms with Crippen LogP contribution in [0, 0.1) is 0 Å². The number of hydrogen-bond acceptors (Lipinski definition) is 3. The molecule has 0 aliphatic heterocycles. The van der Waals surface area contributed by atoms with Gasteiger partial charge in [-0.15, -0.1) is 0 Å². The fourth-order valence-electron chi connectivity index (χ4n) is 2.72. The van der Waals surface area contributed by atoms with E-state index in [-0.39, 0.29) is 11.8 Å². The maximum Gasteiger partial charge on any atom is 0.305 e. The second-order valence-electron chi connectivity index (χ2n) is 7.47. The van der Waals surface area contributed by atoms with Crippen LogP contribution >= 0.6 is 0 Å². The SMILES string of the molecule is CC(C)=O.CCCCCCCCCCCC(=O)OCCCCCCCC. The largest absolute Gasteiger partial charge is 0.466 e. The molecule has 0 fully saturated rings. The molecule has 0 aromatic carbocycles. The molecule has 3 heteroatoms. The normalized spacial score (nSPS) is 10.2. The fraction of sp³-hybridized carbons (Fsp3) is 0.913. The molecule has 0 rings (SSSR count). The summed E-state index contributed by atoms with van der Waals surface area (Å²) in [6.07, 6.45) is 19.7. The van der Waals surface area contributed by atoms with Gasteiger partial charge in [-0.2, -0.15) is 0 Å². The smallest absolute Gasteiger partial charge is 0.305 e. The van der Waals surface area contributed by atoms with Crippen molar-refractivity contribution < 1.29 is 14.3 Å². The van der Waals surface area contributed by atoms with Crippen molar-refractivity contribution in [2.45, 2.75) is 130 Å². The Labute approximate surface area is 163 Å². The Hall–Kier alpha value is -0.860. The van der Waals surface area contributed by atoms with Crippen molar-refractivity contribution >= 4 is 11.8 Å². The van der Waals surface area contributed by atoms with E-state index in [1.165, 1.54) is 97.3 Å². The number of ketones is 1. The van der Waals surface area contributed by atoms with Gasteiger partial charge < -0.3 is 9.53 Å². The number of hydrogen-bond donors (Lipinski definition) is 0.